The van der Waals surface area contributed by atoms with Crippen LogP contribution in [0.2, 0.25) is 0 Å². The maximum Gasteiger partial charge on any atom is 0.338 e. The summed E-state index contributed by atoms with van der Waals surface area (Å²) in [7, 11) is 0. The molecule has 0 spiro atoms. The molecule has 2 aromatic rings. The molecule has 0 bridgehead atoms. The van der Waals surface area contributed by atoms with Gasteiger partial charge in [-0.05, 0) is 61.6 Å². The quantitative estimate of drug-likeness (QED) is 0.791. The van der Waals surface area contributed by atoms with Gasteiger partial charge in [-0.25, -0.2) is 4.79 Å². The van der Waals surface area contributed by atoms with E-state index in [1.807, 2.05) is 31.2 Å². The van der Waals surface area contributed by atoms with Gasteiger partial charge in [0.25, 0.3) is 0 Å². The summed E-state index contributed by atoms with van der Waals surface area (Å²) in [6.45, 7) is 4.85. The van der Waals surface area contributed by atoms with Crippen LogP contribution in [0.3, 0.4) is 0 Å². The SMILES string of the molecule is CCCOC(=O)c1cccc(N2CCc3cc(CC(C)O)cc(C#N)c32)c1. The minimum Gasteiger partial charge on any atom is -0.462 e. The lowest BCUT2D eigenvalue weighted by atomic mass is 9.99. The normalized spacial score (nSPS) is 13.8. The molecule has 3 rings (SSSR count). The first kappa shape index (κ1) is 18.9. The van der Waals surface area contributed by atoms with Crippen LogP contribution in [0.15, 0.2) is 36.4 Å². The summed E-state index contributed by atoms with van der Waals surface area (Å²) in [5.74, 6) is -0.328. The second-order valence-corrected chi connectivity index (χ2v) is 6.90. The number of nitriles is 1. The molecule has 0 saturated carbocycles. The molecule has 0 aliphatic carbocycles. The van der Waals surface area contributed by atoms with Crippen LogP contribution < -0.4 is 4.90 Å². The maximum atomic E-state index is 12.2. The highest BCUT2D eigenvalue weighted by Crippen LogP contribution is 2.38. The van der Waals surface area contributed by atoms with Crippen molar-refractivity contribution < 1.29 is 14.6 Å². The monoisotopic (exact) mass is 364 g/mol. The van der Waals surface area contributed by atoms with Crippen LogP contribution in [0, 0.1) is 11.3 Å². The zero-order valence-electron chi connectivity index (χ0n) is 15.7. The fraction of sp³-hybridized carbons (Fsp3) is 0.364. The lowest BCUT2D eigenvalue weighted by Crippen LogP contribution is -2.15. The molecular formula is C22H24N2O3. The summed E-state index contributed by atoms with van der Waals surface area (Å²) >= 11 is 0. The van der Waals surface area contributed by atoms with Crippen molar-refractivity contribution in [2.75, 3.05) is 18.1 Å². The van der Waals surface area contributed by atoms with E-state index in [9.17, 15) is 15.2 Å². The van der Waals surface area contributed by atoms with Gasteiger partial charge >= 0.3 is 5.97 Å². The van der Waals surface area contributed by atoms with Gasteiger partial charge in [-0.2, -0.15) is 5.26 Å². The second kappa shape index (κ2) is 8.24. The molecule has 0 aromatic heterocycles. The van der Waals surface area contributed by atoms with Crippen molar-refractivity contribution in [3.63, 3.8) is 0 Å². The minimum atomic E-state index is -0.446. The molecule has 0 fully saturated rings. The van der Waals surface area contributed by atoms with Crippen LogP contribution in [0.5, 0.6) is 0 Å². The van der Waals surface area contributed by atoms with E-state index in [1.54, 1.807) is 13.0 Å². The number of benzene rings is 2. The average Bonchev–Trinajstić information content (AvgIpc) is 3.09. The van der Waals surface area contributed by atoms with Crippen LogP contribution in [0.1, 0.15) is 47.3 Å². The molecule has 1 aliphatic rings. The van der Waals surface area contributed by atoms with Crippen LogP contribution in [-0.4, -0.2) is 30.3 Å². The Bertz CT molecular complexity index is 884. The zero-order valence-corrected chi connectivity index (χ0v) is 15.7. The van der Waals surface area contributed by atoms with Crippen LogP contribution in [0.25, 0.3) is 0 Å². The number of rotatable bonds is 6. The highest BCUT2D eigenvalue weighted by Gasteiger charge is 2.25. The first-order valence-electron chi connectivity index (χ1n) is 9.32. The number of aliphatic hydroxyl groups is 1. The van der Waals surface area contributed by atoms with Gasteiger partial charge in [0.05, 0.1) is 29.5 Å². The van der Waals surface area contributed by atoms with Gasteiger partial charge in [0.15, 0.2) is 0 Å². The molecule has 0 radical (unpaired) electrons. The van der Waals surface area contributed by atoms with Crippen molar-refractivity contribution in [1.82, 2.24) is 0 Å². The summed E-state index contributed by atoms with van der Waals surface area (Å²) in [5, 5.41) is 19.3. The summed E-state index contributed by atoms with van der Waals surface area (Å²) in [6.07, 6.45) is 1.69. The third-order valence-corrected chi connectivity index (χ3v) is 4.61. The average molecular weight is 364 g/mol. The number of hydrogen-bond acceptors (Lipinski definition) is 5. The molecule has 1 heterocycles. The number of fused-ring (bicyclic) bond motifs is 1. The fourth-order valence-corrected chi connectivity index (χ4v) is 3.50. The number of ether oxygens (including phenoxy) is 1. The van der Waals surface area contributed by atoms with Gasteiger partial charge in [-0.15, -0.1) is 0 Å². The number of carbonyl (C=O) groups is 1. The molecule has 140 valence electrons. The van der Waals surface area contributed by atoms with Gasteiger partial charge in [-0.1, -0.05) is 19.1 Å². The van der Waals surface area contributed by atoms with Gasteiger partial charge in [-0.3, -0.25) is 0 Å². The van der Waals surface area contributed by atoms with Crippen molar-refractivity contribution in [3.8, 4) is 6.07 Å². The zero-order chi connectivity index (χ0) is 19.4. The molecule has 1 aliphatic heterocycles. The van der Waals surface area contributed by atoms with Crippen molar-refractivity contribution in [2.45, 2.75) is 39.2 Å². The fourth-order valence-electron chi connectivity index (χ4n) is 3.50. The van der Waals surface area contributed by atoms with Crippen LogP contribution >= 0.6 is 0 Å². The van der Waals surface area contributed by atoms with Gasteiger partial charge in [0.2, 0.25) is 0 Å². The Morgan fingerprint density at radius 2 is 2.19 bits per heavy atom. The topological polar surface area (TPSA) is 73.6 Å². The van der Waals surface area contributed by atoms with Gasteiger partial charge in [0.1, 0.15) is 6.07 Å². The number of hydrogen-bond donors (Lipinski definition) is 1. The molecule has 5 heteroatoms. The Hall–Kier alpha value is -2.84. The van der Waals surface area contributed by atoms with E-state index in [1.165, 1.54) is 0 Å². The minimum absolute atomic E-state index is 0.328. The van der Waals surface area contributed by atoms with Gasteiger partial charge < -0.3 is 14.7 Å². The van der Waals surface area contributed by atoms with Crippen molar-refractivity contribution in [2.24, 2.45) is 0 Å². The summed E-state index contributed by atoms with van der Waals surface area (Å²) in [5.41, 5.74) is 4.95. The molecule has 5 nitrogen and oxygen atoms in total. The number of aliphatic hydroxyl groups excluding tert-OH is 1. The molecule has 27 heavy (non-hydrogen) atoms. The molecule has 2 aromatic carbocycles. The highest BCUT2D eigenvalue weighted by molar-refractivity contribution is 5.91. The van der Waals surface area contributed by atoms with E-state index >= 15 is 0 Å². The van der Waals surface area contributed by atoms with Crippen molar-refractivity contribution in [3.05, 3.63) is 58.7 Å². The predicted octanol–water partition coefficient (Wildman–Crippen LogP) is 3.74. The Morgan fingerprint density at radius 1 is 1.37 bits per heavy atom. The number of esters is 1. The lowest BCUT2D eigenvalue weighted by molar-refractivity contribution is 0.0505. The summed E-state index contributed by atoms with van der Waals surface area (Å²) < 4.78 is 5.23. The largest absolute Gasteiger partial charge is 0.462 e. The second-order valence-electron chi connectivity index (χ2n) is 6.90. The van der Waals surface area contributed by atoms with Crippen LogP contribution in [0.4, 0.5) is 11.4 Å². The smallest absolute Gasteiger partial charge is 0.338 e. The Kier molecular flexibility index (Phi) is 5.78. The molecule has 1 atom stereocenters. The predicted molar refractivity (Wildman–Crippen MR) is 104 cm³/mol. The summed E-state index contributed by atoms with van der Waals surface area (Å²) in [6, 6.07) is 13.6. The molecule has 1 unspecified atom stereocenters. The third-order valence-electron chi connectivity index (χ3n) is 4.61. The molecule has 0 saturated heterocycles. The number of nitrogens with zero attached hydrogens (tertiary/aromatic N) is 2. The highest BCUT2D eigenvalue weighted by atomic mass is 16.5. The molecule has 1 N–H and O–H groups in total. The lowest BCUT2D eigenvalue weighted by Gasteiger charge is -2.22. The Morgan fingerprint density at radius 3 is 2.89 bits per heavy atom. The van der Waals surface area contributed by atoms with E-state index < -0.39 is 6.10 Å². The standard InChI is InChI=1S/C22H24N2O3/c1-3-9-27-22(26)18-5-4-6-20(13-18)24-8-7-17-11-16(10-15(2)25)12-19(14-23)21(17)24/h4-6,11-13,15,25H,3,7-10H2,1-2H3. The third kappa shape index (κ3) is 4.12. The van der Waals surface area contributed by atoms with Crippen LogP contribution in [-0.2, 0) is 17.6 Å². The van der Waals surface area contributed by atoms with E-state index in [0.29, 0.717) is 24.2 Å². The number of anilines is 2. The Balaban J connectivity index is 1.94. The van der Waals surface area contributed by atoms with E-state index in [4.69, 9.17) is 4.74 Å². The van der Waals surface area contributed by atoms with Gasteiger partial charge in [0, 0.05) is 12.2 Å². The van der Waals surface area contributed by atoms with E-state index in [-0.39, 0.29) is 5.97 Å². The first-order valence-corrected chi connectivity index (χ1v) is 9.32. The van der Waals surface area contributed by atoms with Crippen molar-refractivity contribution >= 4 is 17.3 Å². The summed E-state index contributed by atoms with van der Waals surface area (Å²) in [4.78, 5) is 14.2. The van der Waals surface area contributed by atoms with E-state index in [2.05, 4.69) is 17.0 Å². The van der Waals surface area contributed by atoms with Crippen molar-refractivity contribution in [1.29, 1.82) is 5.26 Å². The Labute approximate surface area is 159 Å². The first-order chi connectivity index (χ1) is 13.0. The van der Waals surface area contributed by atoms with E-state index in [0.717, 1.165) is 41.9 Å². The molecule has 0 amide bonds. The maximum absolute atomic E-state index is 12.2. The molecular weight excluding hydrogens is 340 g/mol. The number of carbonyl (C=O) groups excluding carboxylic acids is 1.